The first-order chi connectivity index (χ1) is 16.5. The van der Waals surface area contributed by atoms with Gasteiger partial charge in [0.15, 0.2) is 0 Å². The molecule has 0 bridgehead atoms. The van der Waals surface area contributed by atoms with Crippen LogP contribution in [0.2, 0.25) is 10.0 Å². The zero-order valence-electron chi connectivity index (χ0n) is 20.3. The molecule has 0 aliphatic rings. The molecule has 35 heavy (non-hydrogen) atoms. The van der Waals surface area contributed by atoms with Crippen molar-refractivity contribution >= 4 is 50.7 Å². The van der Waals surface area contributed by atoms with Gasteiger partial charge in [0, 0.05) is 18.1 Å². The molecule has 0 heterocycles. The van der Waals surface area contributed by atoms with Crippen LogP contribution in [0.4, 0.5) is 5.69 Å². The number of amides is 2. The molecule has 0 aliphatic carbocycles. The number of hydrogen-bond acceptors (Lipinski definition) is 5. The van der Waals surface area contributed by atoms with Crippen LogP contribution in [0.5, 0.6) is 5.75 Å². The standard InChI is InChI=1S/C24H31Cl2N3O5S/c1-5-13-27-24(31)21(6-2)28(15-17-7-10-19(34-3)11-8-17)23(30)16-29(35(4,32)33)22-12-9-18(25)14-20(22)26/h7-12,14,21H,5-6,13,15-16H2,1-4H3,(H,27,31)/t21-/m0/s1. The summed E-state index contributed by atoms with van der Waals surface area (Å²) in [6, 6.07) is 10.6. The molecule has 0 aliphatic heterocycles. The minimum absolute atomic E-state index is 0.0881. The molecular weight excluding hydrogens is 513 g/mol. The molecule has 192 valence electrons. The summed E-state index contributed by atoms with van der Waals surface area (Å²) >= 11 is 12.2. The zero-order valence-corrected chi connectivity index (χ0v) is 22.6. The highest BCUT2D eigenvalue weighted by molar-refractivity contribution is 7.92. The fourth-order valence-electron chi connectivity index (χ4n) is 3.49. The Morgan fingerprint density at radius 2 is 1.74 bits per heavy atom. The van der Waals surface area contributed by atoms with Crippen molar-refractivity contribution < 1.29 is 22.7 Å². The van der Waals surface area contributed by atoms with Crippen LogP contribution in [0.25, 0.3) is 0 Å². The van der Waals surface area contributed by atoms with Crippen LogP contribution in [0, 0.1) is 0 Å². The van der Waals surface area contributed by atoms with Gasteiger partial charge in [-0.05, 0) is 48.7 Å². The van der Waals surface area contributed by atoms with Gasteiger partial charge < -0.3 is 15.0 Å². The monoisotopic (exact) mass is 543 g/mol. The molecule has 2 aromatic rings. The summed E-state index contributed by atoms with van der Waals surface area (Å²) in [6.07, 6.45) is 2.08. The molecular formula is C24H31Cl2N3O5S. The van der Waals surface area contributed by atoms with E-state index in [2.05, 4.69) is 5.32 Å². The number of hydrogen-bond donors (Lipinski definition) is 1. The Hall–Kier alpha value is -2.49. The predicted octanol–water partition coefficient (Wildman–Crippen LogP) is 4.10. The molecule has 2 aromatic carbocycles. The Morgan fingerprint density at radius 3 is 2.26 bits per heavy atom. The number of halogens is 2. The SMILES string of the molecule is CCCNC(=O)[C@H](CC)N(Cc1ccc(OC)cc1)C(=O)CN(c1ccc(Cl)cc1Cl)S(C)(=O)=O. The third-order valence-electron chi connectivity index (χ3n) is 5.30. The number of methoxy groups -OCH3 is 1. The number of carbonyl (C=O) groups excluding carboxylic acids is 2. The van der Waals surface area contributed by atoms with Crippen LogP contribution in [-0.2, 0) is 26.2 Å². The van der Waals surface area contributed by atoms with E-state index >= 15 is 0 Å². The van der Waals surface area contributed by atoms with Gasteiger partial charge in [0.25, 0.3) is 0 Å². The normalized spacial score (nSPS) is 12.1. The Labute approximate surface area is 217 Å². The number of nitrogens with zero attached hydrogens (tertiary/aromatic N) is 2. The number of rotatable bonds is 12. The quantitative estimate of drug-likeness (QED) is 0.434. The van der Waals surface area contributed by atoms with Crippen molar-refractivity contribution in [3.8, 4) is 5.75 Å². The molecule has 1 atom stereocenters. The van der Waals surface area contributed by atoms with Gasteiger partial charge in [-0.1, -0.05) is 49.2 Å². The lowest BCUT2D eigenvalue weighted by Gasteiger charge is -2.33. The number of nitrogens with one attached hydrogen (secondary N) is 1. The third-order valence-corrected chi connectivity index (χ3v) is 6.97. The summed E-state index contributed by atoms with van der Waals surface area (Å²) in [6.45, 7) is 3.77. The minimum atomic E-state index is -3.89. The van der Waals surface area contributed by atoms with Gasteiger partial charge in [0.2, 0.25) is 21.8 Å². The van der Waals surface area contributed by atoms with E-state index in [4.69, 9.17) is 27.9 Å². The second-order valence-corrected chi connectivity index (χ2v) is 10.7. The molecule has 2 rings (SSSR count). The highest BCUT2D eigenvalue weighted by Gasteiger charge is 2.32. The molecule has 0 spiro atoms. The number of carbonyl (C=O) groups is 2. The number of anilines is 1. The van der Waals surface area contributed by atoms with E-state index in [-0.39, 0.29) is 23.2 Å². The van der Waals surface area contributed by atoms with Crippen LogP contribution in [0.15, 0.2) is 42.5 Å². The molecule has 0 fully saturated rings. The largest absolute Gasteiger partial charge is 0.497 e. The topological polar surface area (TPSA) is 96.0 Å². The molecule has 11 heteroatoms. The van der Waals surface area contributed by atoms with Crippen molar-refractivity contribution in [2.24, 2.45) is 0 Å². The van der Waals surface area contributed by atoms with Crippen LogP contribution in [0.1, 0.15) is 32.3 Å². The van der Waals surface area contributed by atoms with E-state index in [1.54, 1.807) is 38.3 Å². The van der Waals surface area contributed by atoms with Gasteiger partial charge in [-0.15, -0.1) is 0 Å². The Morgan fingerprint density at radius 1 is 1.09 bits per heavy atom. The van der Waals surface area contributed by atoms with E-state index in [0.717, 1.165) is 22.5 Å². The van der Waals surface area contributed by atoms with Crippen molar-refractivity contribution in [3.63, 3.8) is 0 Å². The lowest BCUT2D eigenvalue weighted by molar-refractivity contribution is -0.140. The summed E-state index contributed by atoms with van der Waals surface area (Å²) in [7, 11) is -2.34. The van der Waals surface area contributed by atoms with Gasteiger partial charge in [0.1, 0.15) is 18.3 Å². The molecule has 0 unspecified atom stereocenters. The van der Waals surface area contributed by atoms with Gasteiger partial charge in [0.05, 0.1) is 24.1 Å². The summed E-state index contributed by atoms with van der Waals surface area (Å²) in [5.74, 6) is -0.192. The Kier molecular flexibility index (Phi) is 10.7. The highest BCUT2D eigenvalue weighted by Crippen LogP contribution is 2.30. The maximum atomic E-state index is 13.6. The lowest BCUT2D eigenvalue weighted by atomic mass is 10.1. The van der Waals surface area contributed by atoms with Crippen molar-refractivity contribution in [2.75, 3.05) is 30.8 Å². The fraction of sp³-hybridized carbons (Fsp3) is 0.417. The number of ether oxygens (including phenoxy) is 1. The zero-order chi connectivity index (χ0) is 26.2. The molecule has 0 aromatic heterocycles. The van der Waals surface area contributed by atoms with Crippen LogP contribution < -0.4 is 14.4 Å². The Balaban J connectivity index is 2.44. The summed E-state index contributed by atoms with van der Waals surface area (Å²) < 4.78 is 31.4. The van der Waals surface area contributed by atoms with Crippen molar-refractivity contribution in [1.82, 2.24) is 10.2 Å². The van der Waals surface area contributed by atoms with Crippen LogP contribution >= 0.6 is 23.2 Å². The maximum Gasteiger partial charge on any atom is 0.244 e. The van der Waals surface area contributed by atoms with E-state index in [1.165, 1.54) is 23.1 Å². The van der Waals surface area contributed by atoms with E-state index in [1.807, 2.05) is 6.92 Å². The predicted molar refractivity (Wildman–Crippen MR) is 140 cm³/mol. The minimum Gasteiger partial charge on any atom is -0.497 e. The van der Waals surface area contributed by atoms with E-state index in [9.17, 15) is 18.0 Å². The second-order valence-electron chi connectivity index (χ2n) is 7.95. The van der Waals surface area contributed by atoms with E-state index in [0.29, 0.717) is 23.7 Å². The van der Waals surface area contributed by atoms with Crippen LogP contribution in [-0.4, -0.2) is 57.6 Å². The lowest BCUT2D eigenvalue weighted by Crippen LogP contribution is -2.52. The number of sulfonamides is 1. The molecule has 0 radical (unpaired) electrons. The molecule has 0 saturated heterocycles. The first-order valence-corrected chi connectivity index (χ1v) is 13.7. The van der Waals surface area contributed by atoms with Gasteiger partial charge in [-0.3, -0.25) is 13.9 Å². The Bertz CT molecular complexity index is 1130. The molecule has 1 N–H and O–H groups in total. The average molecular weight is 545 g/mol. The van der Waals surface area contributed by atoms with Crippen LogP contribution in [0.3, 0.4) is 0 Å². The van der Waals surface area contributed by atoms with Crippen molar-refractivity contribution in [1.29, 1.82) is 0 Å². The first-order valence-electron chi connectivity index (χ1n) is 11.1. The van der Waals surface area contributed by atoms with E-state index < -0.39 is 28.5 Å². The molecule has 0 saturated carbocycles. The second kappa shape index (κ2) is 13.0. The summed E-state index contributed by atoms with van der Waals surface area (Å²) in [4.78, 5) is 27.9. The van der Waals surface area contributed by atoms with Gasteiger partial charge in [-0.25, -0.2) is 8.42 Å². The fourth-order valence-corrected chi connectivity index (χ4v) is 4.91. The van der Waals surface area contributed by atoms with Crippen molar-refractivity contribution in [2.45, 2.75) is 39.3 Å². The van der Waals surface area contributed by atoms with Gasteiger partial charge >= 0.3 is 0 Å². The molecule has 2 amide bonds. The average Bonchev–Trinajstić information content (AvgIpc) is 2.81. The number of benzene rings is 2. The third kappa shape index (κ3) is 8.02. The summed E-state index contributed by atoms with van der Waals surface area (Å²) in [5.41, 5.74) is 0.885. The van der Waals surface area contributed by atoms with Gasteiger partial charge in [-0.2, -0.15) is 0 Å². The first kappa shape index (κ1) is 28.7. The molecule has 8 nitrogen and oxygen atoms in total. The van der Waals surface area contributed by atoms with Crippen molar-refractivity contribution in [3.05, 3.63) is 58.1 Å². The highest BCUT2D eigenvalue weighted by atomic mass is 35.5. The maximum absolute atomic E-state index is 13.6. The smallest absolute Gasteiger partial charge is 0.244 e. The summed E-state index contributed by atoms with van der Waals surface area (Å²) in [5, 5.41) is 3.25.